The molecule has 0 radical (unpaired) electrons. The minimum absolute atomic E-state index is 0.0122. The van der Waals surface area contributed by atoms with Gasteiger partial charge < -0.3 is 16.2 Å². The van der Waals surface area contributed by atoms with Crippen LogP contribution in [0.2, 0.25) is 0 Å². The maximum Gasteiger partial charge on any atom is 0.166 e. The molecule has 0 unspecified atom stereocenters. The largest absolute Gasteiger partial charge is 0.497 e. The van der Waals surface area contributed by atoms with Gasteiger partial charge in [-0.2, -0.15) is 15.6 Å². The number of nitrogens with one attached hydrogen (secondary N) is 1. The lowest BCUT2D eigenvalue weighted by Gasteiger charge is -2.12. The number of aromatic nitrogens is 3. The molecule has 2 heterocycles. The zero-order valence-electron chi connectivity index (χ0n) is 13.1. The molecule has 1 aromatic carbocycles. The molecule has 0 spiro atoms. The van der Waals surface area contributed by atoms with Crippen LogP contribution < -0.4 is 21.7 Å². The summed E-state index contributed by atoms with van der Waals surface area (Å²) in [6.45, 7) is 0. The van der Waals surface area contributed by atoms with Crippen molar-refractivity contribution in [2.45, 2.75) is 0 Å². The van der Waals surface area contributed by atoms with Gasteiger partial charge in [0.25, 0.3) is 0 Å². The Kier molecular flexibility index (Phi) is 3.68. The van der Waals surface area contributed by atoms with Crippen molar-refractivity contribution < 1.29 is 4.74 Å². The Bertz CT molecular complexity index is 1150. The fraction of sp³-hybridized carbons (Fsp3) is 0.0625. The number of ether oxygens (including phenoxy) is 1. The molecular weight excluding hydrogens is 320 g/mol. The van der Waals surface area contributed by atoms with E-state index in [4.69, 9.17) is 21.6 Å². The summed E-state index contributed by atoms with van der Waals surface area (Å²) in [4.78, 5) is 4.04. The van der Waals surface area contributed by atoms with Gasteiger partial charge in [0.1, 0.15) is 45.9 Å². The average molecular weight is 332 g/mol. The van der Waals surface area contributed by atoms with E-state index in [1.54, 1.807) is 24.3 Å². The summed E-state index contributed by atoms with van der Waals surface area (Å²) < 4.78 is 6.41. The zero-order valence-corrected chi connectivity index (χ0v) is 13.1. The number of nitrogens with two attached hydrogens (primary N) is 2. The quantitative estimate of drug-likeness (QED) is 0.625. The van der Waals surface area contributed by atoms with Gasteiger partial charge in [-0.1, -0.05) is 6.07 Å². The summed E-state index contributed by atoms with van der Waals surface area (Å²) in [6.07, 6.45) is 0. The van der Waals surface area contributed by atoms with Crippen molar-refractivity contribution in [1.29, 1.82) is 15.9 Å². The van der Waals surface area contributed by atoms with Gasteiger partial charge in [-0.05, 0) is 12.1 Å². The average Bonchev–Trinajstić information content (AvgIpc) is 2.62. The van der Waals surface area contributed by atoms with Crippen LogP contribution in [0.25, 0.3) is 16.7 Å². The summed E-state index contributed by atoms with van der Waals surface area (Å²) >= 11 is 0. The second-order valence-electron chi connectivity index (χ2n) is 5.04. The first-order valence-corrected chi connectivity index (χ1v) is 7.03. The molecule has 9 heteroatoms. The van der Waals surface area contributed by atoms with Crippen molar-refractivity contribution in [2.75, 3.05) is 18.6 Å². The Morgan fingerprint density at radius 3 is 2.52 bits per heavy atom. The van der Waals surface area contributed by atoms with E-state index in [-0.39, 0.29) is 39.2 Å². The van der Waals surface area contributed by atoms with Gasteiger partial charge in [0.05, 0.1) is 18.5 Å². The molecule has 0 aliphatic carbocycles. The molecule has 122 valence electrons. The smallest absolute Gasteiger partial charge is 0.166 e. The molecule has 0 fully saturated rings. The monoisotopic (exact) mass is 332 g/mol. The van der Waals surface area contributed by atoms with Gasteiger partial charge in [-0.25, -0.2) is 9.67 Å². The molecule has 0 saturated heterocycles. The number of fused-ring (bicyclic) bond motifs is 1. The number of rotatable bonds is 2. The lowest BCUT2D eigenvalue weighted by atomic mass is 10.1. The highest BCUT2D eigenvalue weighted by Crippen LogP contribution is 2.26. The molecule has 2 aromatic heterocycles. The van der Waals surface area contributed by atoms with E-state index in [9.17, 15) is 10.5 Å². The van der Waals surface area contributed by atoms with E-state index in [0.29, 0.717) is 11.4 Å². The highest BCUT2D eigenvalue weighted by atomic mass is 16.5. The third kappa shape index (κ3) is 2.36. The van der Waals surface area contributed by atoms with Crippen molar-refractivity contribution in [3.63, 3.8) is 0 Å². The van der Waals surface area contributed by atoms with Gasteiger partial charge in [0.2, 0.25) is 0 Å². The predicted molar refractivity (Wildman–Crippen MR) is 89.5 cm³/mol. The van der Waals surface area contributed by atoms with Crippen molar-refractivity contribution >= 4 is 22.5 Å². The number of pyridine rings is 1. The van der Waals surface area contributed by atoms with Crippen LogP contribution in [0.4, 0.5) is 11.5 Å². The lowest BCUT2D eigenvalue weighted by molar-refractivity contribution is 0.414. The Balaban J connectivity index is 2.47. The fourth-order valence-electron chi connectivity index (χ4n) is 2.41. The number of benzene rings is 1. The van der Waals surface area contributed by atoms with Gasteiger partial charge in [-0.15, -0.1) is 0 Å². The summed E-state index contributed by atoms with van der Waals surface area (Å²) in [5.41, 5.74) is 12.2. The van der Waals surface area contributed by atoms with Crippen LogP contribution in [-0.4, -0.2) is 21.9 Å². The Labute approximate surface area is 141 Å². The van der Waals surface area contributed by atoms with E-state index >= 15 is 0 Å². The van der Waals surface area contributed by atoms with Crippen molar-refractivity contribution in [2.24, 2.45) is 0 Å². The third-order valence-electron chi connectivity index (χ3n) is 3.64. The molecule has 0 bridgehead atoms. The first-order valence-electron chi connectivity index (χ1n) is 7.03. The maximum atomic E-state index is 9.47. The SMILES string of the molecule is COc1cccc(-n2nc3c(N)c(C#N)c(N)nc3c(C#N)c2=N)c1. The number of nitriles is 2. The lowest BCUT2D eigenvalue weighted by Crippen LogP contribution is -2.25. The van der Waals surface area contributed by atoms with Crippen LogP contribution in [0.5, 0.6) is 5.75 Å². The standard InChI is InChI=1S/C16H12N8O/c1-25-9-4-2-3-8(5-9)24-16(21)11(7-18)13-14(23-24)12(19)10(6-17)15(20)22-13/h2-5,21H,19H2,1H3,(H2,20,22). The van der Waals surface area contributed by atoms with Crippen LogP contribution >= 0.6 is 0 Å². The highest BCUT2D eigenvalue weighted by Gasteiger charge is 2.18. The predicted octanol–water partition coefficient (Wildman–Crippen LogP) is 0.816. The van der Waals surface area contributed by atoms with Crippen molar-refractivity contribution in [3.05, 3.63) is 40.9 Å². The second kappa shape index (κ2) is 5.83. The molecule has 0 aliphatic rings. The molecule has 0 aliphatic heterocycles. The van der Waals surface area contributed by atoms with Gasteiger partial charge in [0, 0.05) is 6.07 Å². The molecule has 0 amide bonds. The van der Waals surface area contributed by atoms with Crippen LogP contribution in [0.15, 0.2) is 24.3 Å². The molecule has 0 saturated carbocycles. The minimum atomic E-state index is -0.181. The molecule has 9 nitrogen and oxygen atoms in total. The molecule has 25 heavy (non-hydrogen) atoms. The zero-order chi connectivity index (χ0) is 18.1. The number of anilines is 2. The number of nitrogen functional groups attached to an aromatic ring is 2. The molecule has 0 atom stereocenters. The second-order valence-corrected chi connectivity index (χ2v) is 5.04. The van der Waals surface area contributed by atoms with Crippen LogP contribution in [0.1, 0.15) is 11.1 Å². The Hall–Kier alpha value is -4.11. The molecular formula is C16H12N8O. The summed E-state index contributed by atoms with van der Waals surface area (Å²) in [7, 11) is 1.52. The van der Waals surface area contributed by atoms with Gasteiger partial charge in [0.15, 0.2) is 5.49 Å². The highest BCUT2D eigenvalue weighted by molar-refractivity contribution is 5.94. The van der Waals surface area contributed by atoms with E-state index in [1.807, 2.05) is 12.1 Å². The summed E-state index contributed by atoms with van der Waals surface area (Å²) in [5, 5.41) is 31.3. The maximum absolute atomic E-state index is 9.47. The van der Waals surface area contributed by atoms with E-state index in [0.717, 1.165) is 0 Å². The molecule has 5 N–H and O–H groups in total. The number of hydrogen-bond donors (Lipinski definition) is 3. The number of nitrogens with zero attached hydrogens (tertiary/aromatic N) is 5. The van der Waals surface area contributed by atoms with Crippen LogP contribution in [0.3, 0.4) is 0 Å². The van der Waals surface area contributed by atoms with Gasteiger partial charge >= 0.3 is 0 Å². The normalized spacial score (nSPS) is 10.2. The van der Waals surface area contributed by atoms with E-state index < -0.39 is 0 Å². The first kappa shape index (κ1) is 15.8. The minimum Gasteiger partial charge on any atom is -0.497 e. The fourth-order valence-corrected chi connectivity index (χ4v) is 2.41. The van der Waals surface area contributed by atoms with Gasteiger partial charge in [-0.3, -0.25) is 5.41 Å². The Morgan fingerprint density at radius 1 is 1.16 bits per heavy atom. The first-order chi connectivity index (χ1) is 12.0. The number of hydrogen-bond acceptors (Lipinski definition) is 8. The topological polar surface area (TPSA) is 163 Å². The molecule has 3 aromatic rings. The van der Waals surface area contributed by atoms with Crippen molar-refractivity contribution in [1.82, 2.24) is 14.8 Å². The third-order valence-corrected chi connectivity index (χ3v) is 3.64. The number of methoxy groups -OCH3 is 1. The van der Waals surface area contributed by atoms with Crippen LogP contribution in [-0.2, 0) is 0 Å². The summed E-state index contributed by atoms with van der Waals surface area (Å²) in [6, 6.07) is 10.6. The summed E-state index contributed by atoms with van der Waals surface area (Å²) in [5.74, 6) is 0.454. The van der Waals surface area contributed by atoms with Crippen LogP contribution in [0, 0.1) is 28.1 Å². The van der Waals surface area contributed by atoms with E-state index in [2.05, 4.69) is 10.1 Å². The Morgan fingerprint density at radius 2 is 1.88 bits per heavy atom. The van der Waals surface area contributed by atoms with E-state index in [1.165, 1.54) is 11.8 Å². The van der Waals surface area contributed by atoms with Crippen molar-refractivity contribution in [3.8, 4) is 23.6 Å². The molecule has 3 rings (SSSR count).